The van der Waals surface area contributed by atoms with E-state index in [9.17, 15) is 5.11 Å². The fraction of sp³-hybridized carbons (Fsp3) is 0.810. The van der Waals surface area contributed by atoms with Gasteiger partial charge < -0.3 is 24.7 Å². The van der Waals surface area contributed by atoms with Crippen LogP contribution in [0.4, 0.5) is 11.8 Å². The van der Waals surface area contributed by atoms with Gasteiger partial charge in [-0.1, -0.05) is 6.92 Å². The van der Waals surface area contributed by atoms with Crippen LogP contribution in [-0.4, -0.2) is 96.9 Å². The van der Waals surface area contributed by atoms with Gasteiger partial charge in [-0.25, -0.2) is 4.98 Å². The standard InChI is InChI=1S/C21H36N6O/c1-3-24-8-10-25(11-9-24)13-18-14-27(15-19(18)16-28)20-12-17(2)22-21(23-20)26-6-4-5-7-26/h12,18-19,28H,3-11,13-16H2,1-2H3. The molecule has 0 bridgehead atoms. The number of aliphatic hydroxyl groups is 1. The Balaban J connectivity index is 1.42. The normalized spacial score (nSPS) is 27.1. The Morgan fingerprint density at radius 1 is 0.929 bits per heavy atom. The number of aryl methyl sites for hydroxylation is 1. The Labute approximate surface area is 169 Å². The van der Waals surface area contributed by atoms with E-state index in [1.165, 1.54) is 25.9 Å². The molecule has 0 saturated carbocycles. The van der Waals surface area contributed by atoms with Crippen LogP contribution >= 0.6 is 0 Å². The summed E-state index contributed by atoms with van der Waals surface area (Å²) in [4.78, 5) is 19.4. The quantitative estimate of drug-likeness (QED) is 0.782. The summed E-state index contributed by atoms with van der Waals surface area (Å²) < 4.78 is 0. The molecule has 0 aliphatic carbocycles. The topological polar surface area (TPSA) is 59.0 Å². The predicted octanol–water partition coefficient (Wildman–Crippen LogP) is 1.07. The molecule has 1 aromatic heterocycles. The third-order valence-electron chi connectivity index (χ3n) is 6.76. The first-order chi connectivity index (χ1) is 13.7. The van der Waals surface area contributed by atoms with Crippen molar-refractivity contribution in [2.45, 2.75) is 26.7 Å². The third-order valence-corrected chi connectivity index (χ3v) is 6.76. The molecule has 3 aliphatic rings. The zero-order valence-corrected chi connectivity index (χ0v) is 17.6. The Kier molecular flexibility index (Phi) is 6.33. The summed E-state index contributed by atoms with van der Waals surface area (Å²) in [5.41, 5.74) is 1.03. The van der Waals surface area contributed by atoms with Crippen molar-refractivity contribution in [3.63, 3.8) is 0 Å². The molecule has 3 aliphatic heterocycles. The van der Waals surface area contributed by atoms with Gasteiger partial charge in [-0.15, -0.1) is 0 Å². The van der Waals surface area contributed by atoms with Crippen molar-refractivity contribution in [2.24, 2.45) is 11.8 Å². The van der Waals surface area contributed by atoms with Crippen molar-refractivity contribution in [3.05, 3.63) is 11.8 Å². The largest absolute Gasteiger partial charge is 0.396 e. The lowest BCUT2D eigenvalue weighted by molar-refractivity contribution is 0.106. The van der Waals surface area contributed by atoms with Crippen LogP contribution < -0.4 is 9.80 Å². The average Bonchev–Trinajstić information content (AvgIpc) is 3.38. The van der Waals surface area contributed by atoms with Crippen LogP contribution in [0.15, 0.2) is 6.07 Å². The van der Waals surface area contributed by atoms with Crippen molar-refractivity contribution < 1.29 is 5.11 Å². The van der Waals surface area contributed by atoms with E-state index in [4.69, 9.17) is 4.98 Å². The second-order valence-corrected chi connectivity index (χ2v) is 8.70. The third kappa shape index (κ3) is 4.42. The maximum atomic E-state index is 10.00. The van der Waals surface area contributed by atoms with Gasteiger partial charge in [0.15, 0.2) is 0 Å². The number of nitrogens with zero attached hydrogens (tertiary/aromatic N) is 6. The van der Waals surface area contributed by atoms with Crippen LogP contribution in [0.1, 0.15) is 25.5 Å². The average molecular weight is 389 g/mol. The molecule has 28 heavy (non-hydrogen) atoms. The molecule has 1 aromatic rings. The molecule has 0 amide bonds. The molecular formula is C21H36N6O. The van der Waals surface area contributed by atoms with Crippen LogP contribution in [0.25, 0.3) is 0 Å². The number of aromatic nitrogens is 2. The maximum absolute atomic E-state index is 10.00. The summed E-state index contributed by atoms with van der Waals surface area (Å²) in [6.45, 7) is 15.4. The molecule has 1 N–H and O–H groups in total. The zero-order chi connectivity index (χ0) is 19.5. The van der Waals surface area contributed by atoms with Gasteiger partial charge in [-0.2, -0.15) is 4.98 Å². The van der Waals surface area contributed by atoms with Crippen molar-refractivity contribution in [3.8, 4) is 0 Å². The van der Waals surface area contributed by atoms with E-state index in [1.54, 1.807) is 0 Å². The summed E-state index contributed by atoms with van der Waals surface area (Å²) >= 11 is 0. The molecule has 0 spiro atoms. The Bertz CT molecular complexity index is 642. The van der Waals surface area contributed by atoms with E-state index in [-0.39, 0.29) is 6.61 Å². The molecular weight excluding hydrogens is 352 g/mol. The van der Waals surface area contributed by atoms with Gasteiger partial charge in [0.1, 0.15) is 5.82 Å². The first-order valence-corrected chi connectivity index (χ1v) is 11.1. The second kappa shape index (κ2) is 8.93. The van der Waals surface area contributed by atoms with Gasteiger partial charge in [-0.3, -0.25) is 0 Å². The van der Waals surface area contributed by atoms with E-state index < -0.39 is 0 Å². The minimum absolute atomic E-state index is 0.263. The summed E-state index contributed by atoms with van der Waals surface area (Å²) in [6, 6.07) is 2.11. The van der Waals surface area contributed by atoms with Gasteiger partial charge in [0.25, 0.3) is 0 Å². The predicted molar refractivity (Wildman–Crippen MR) is 113 cm³/mol. The molecule has 156 valence electrons. The number of hydrogen-bond acceptors (Lipinski definition) is 7. The number of aliphatic hydroxyl groups excluding tert-OH is 1. The van der Waals surface area contributed by atoms with E-state index in [2.05, 4.69) is 44.5 Å². The van der Waals surface area contributed by atoms with Crippen LogP contribution in [0.3, 0.4) is 0 Å². The van der Waals surface area contributed by atoms with E-state index in [0.717, 1.165) is 69.8 Å². The highest BCUT2D eigenvalue weighted by molar-refractivity contribution is 5.47. The van der Waals surface area contributed by atoms with Gasteiger partial charge in [-0.05, 0) is 32.2 Å². The Morgan fingerprint density at radius 2 is 1.61 bits per heavy atom. The van der Waals surface area contributed by atoms with Crippen molar-refractivity contribution in [1.82, 2.24) is 19.8 Å². The summed E-state index contributed by atoms with van der Waals surface area (Å²) in [6.07, 6.45) is 2.46. The summed E-state index contributed by atoms with van der Waals surface area (Å²) in [7, 11) is 0. The monoisotopic (exact) mass is 388 g/mol. The van der Waals surface area contributed by atoms with Gasteiger partial charge in [0.2, 0.25) is 5.95 Å². The molecule has 3 fully saturated rings. The van der Waals surface area contributed by atoms with Gasteiger partial charge >= 0.3 is 0 Å². The lowest BCUT2D eigenvalue weighted by Crippen LogP contribution is -2.48. The lowest BCUT2D eigenvalue weighted by Gasteiger charge is -2.36. The lowest BCUT2D eigenvalue weighted by atomic mass is 9.96. The Morgan fingerprint density at radius 3 is 2.29 bits per heavy atom. The molecule has 4 heterocycles. The summed E-state index contributed by atoms with van der Waals surface area (Å²) in [5.74, 6) is 2.75. The minimum Gasteiger partial charge on any atom is -0.396 e. The number of likely N-dealkylation sites (N-methyl/N-ethyl adjacent to an activating group) is 1. The van der Waals surface area contributed by atoms with Crippen LogP contribution in [-0.2, 0) is 0 Å². The Hall–Kier alpha value is -1.44. The molecule has 3 saturated heterocycles. The van der Waals surface area contributed by atoms with E-state index in [1.807, 2.05) is 0 Å². The van der Waals surface area contributed by atoms with Gasteiger partial charge in [0, 0.05) is 83.2 Å². The molecule has 2 unspecified atom stereocenters. The molecule has 4 rings (SSSR count). The number of anilines is 2. The molecule has 2 atom stereocenters. The minimum atomic E-state index is 0.263. The molecule has 0 aromatic carbocycles. The highest BCUT2D eigenvalue weighted by atomic mass is 16.3. The van der Waals surface area contributed by atoms with E-state index >= 15 is 0 Å². The SMILES string of the molecule is CCN1CCN(CC2CN(c3cc(C)nc(N4CCCC4)n3)CC2CO)CC1. The highest BCUT2D eigenvalue weighted by Crippen LogP contribution is 2.30. The van der Waals surface area contributed by atoms with Gasteiger partial charge in [0.05, 0.1) is 0 Å². The highest BCUT2D eigenvalue weighted by Gasteiger charge is 2.35. The van der Waals surface area contributed by atoms with Crippen molar-refractivity contribution >= 4 is 11.8 Å². The zero-order valence-electron chi connectivity index (χ0n) is 17.6. The first kappa shape index (κ1) is 19.9. The molecule has 7 nitrogen and oxygen atoms in total. The molecule has 7 heteroatoms. The summed E-state index contributed by atoms with van der Waals surface area (Å²) in [5, 5.41) is 10.00. The molecule has 0 radical (unpaired) electrons. The number of rotatable bonds is 6. The fourth-order valence-corrected chi connectivity index (χ4v) is 4.92. The van der Waals surface area contributed by atoms with Crippen LogP contribution in [0.5, 0.6) is 0 Å². The smallest absolute Gasteiger partial charge is 0.227 e. The van der Waals surface area contributed by atoms with Crippen LogP contribution in [0, 0.1) is 18.8 Å². The van der Waals surface area contributed by atoms with Crippen molar-refractivity contribution in [2.75, 3.05) is 81.9 Å². The van der Waals surface area contributed by atoms with Crippen LogP contribution in [0.2, 0.25) is 0 Å². The second-order valence-electron chi connectivity index (χ2n) is 8.70. The van der Waals surface area contributed by atoms with Crippen molar-refractivity contribution in [1.29, 1.82) is 0 Å². The maximum Gasteiger partial charge on any atom is 0.227 e. The fourth-order valence-electron chi connectivity index (χ4n) is 4.92. The van der Waals surface area contributed by atoms with E-state index in [0.29, 0.717) is 11.8 Å². The first-order valence-electron chi connectivity index (χ1n) is 11.1. The number of piperazine rings is 1. The number of hydrogen-bond donors (Lipinski definition) is 1.